The maximum absolute atomic E-state index is 12.3. The number of amides is 1. The van der Waals surface area contributed by atoms with E-state index in [1.54, 1.807) is 19.0 Å². The van der Waals surface area contributed by atoms with E-state index in [4.69, 9.17) is 0 Å². The standard InChI is InChI=1S/C27H35N3O/c1-26(2,3)27(13-16-28)14-17-30(18-15-27)20-21-9-11-22(12-10-21)23-7-6-8-24(19-23)25(31)29(4)5/h6-12,19H,13-15,17-18,20H2,1-5H3. The van der Waals surface area contributed by atoms with Gasteiger partial charge in [0.25, 0.3) is 5.91 Å². The fraction of sp³-hybridized carbons (Fsp3) is 0.481. The van der Waals surface area contributed by atoms with E-state index >= 15 is 0 Å². The largest absolute Gasteiger partial charge is 0.345 e. The molecule has 1 saturated heterocycles. The number of nitriles is 1. The van der Waals surface area contributed by atoms with Crippen LogP contribution in [0.3, 0.4) is 0 Å². The highest BCUT2D eigenvalue weighted by molar-refractivity contribution is 5.95. The lowest BCUT2D eigenvalue weighted by Crippen LogP contribution is -2.46. The molecule has 1 heterocycles. The molecular weight excluding hydrogens is 382 g/mol. The maximum atomic E-state index is 12.3. The van der Waals surface area contributed by atoms with E-state index in [2.05, 4.69) is 56.0 Å². The first kappa shape index (κ1) is 23.0. The number of benzene rings is 2. The molecule has 3 rings (SSSR count). The highest BCUT2D eigenvalue weighted by Crippen LogP contribution is 2.49. The number of nitrogens with zero attached hydrogens (tertiary/aromatic N) is 3. The molecule has 0 atom stereocenters. The van der Waals surface area contributed by atoms with E-state index in [9.17, 15) is 10.1 Å². The van der Waals surface area contributed by atoms with Gasteiger partial charge in [-0.15, -0.1) is 0 Å². The van der Waals surface area contributed by atoms with Gasteiger partial charge in [-0.25, -0.2) is 0 Å². The Hall–Kier alpha value is -2.64. The topological polar surface area (TPSA) is 47.3 Å². The summed E-state index contributed by atoms with van der Waals surface area (Å²) in [5.74, 6) is 0.0197. The second kappa shape index (κ2) is 9.24. The van der Waals surface area contributed by atoms with Gasteiger partial charge in [0.15, 0.2) is 0 Å². The highest BCUT2D eigenvalue weighted by atomic mass is 16.2. The van der Waals surface area contributed by atoms with Crippen molar-refractivity contribution >= 4 is 5.91 Å². The number of hydrogen-bond acceptors (Lipinski definition) is 3. The van der Waals surface area contributed by atoms with Crippen LogP contribution in [0.15, 0.2) is 48.5 Å². The van der Waals surface area contributed by atoms with Crippen molar-refractivity contribution in [1.82, 2.24) is 9.80 Å². The highest BCUT2D eigenvalue weighted by Gasteiger charge is 2.43. The van der Waals surface area contributed by atoms with Gasteiger partial charge in [-0.2, -0.15) is 5.26 Å². The molecule has 0 aliphatic carbocycles. The molecule has 2 aromatic rings. The summed E-state index contributed by atoms with van der Waals surface area (Å²) in [5.41, 5.74) is 4.46. The van der Waals surface area contributed by atoms with Crippen molar-refractivity contribution < 1.29 is 4.79 Å². The first-order valence-corrected chi connectivity index (χ1v) is 11.2. The van der Waals surface area contributed by atoms with Gasteiger partial charge in [-0.05, 0) is 65.6 Å². The van der Waals surface area contributed by atoms with Gasteiger partial charge in [-0.1, -0.05) is 57.2 Å². The maximum Gasteiger partial charge on any atom is 0.253 e. The Morgan fingerprint density at radius 2 is 1.71 bits per heavy atom. The van der Waals surface area contributed by atoms with Gasteiger partial charge in [0.1, 0.15) is 0 Å². The van der Waals surface area contributed by atoms with Crippen molar-refractivity contribution in [3.63, 3.8) is 0 Å². The Morgan fingerprint density at radius 1 is 1.06 bits per heavy atom. The molecule has 4 heteroatoms. The third kappa shape index (κ3) is 5.17. The second-order valence-corrected chi connectivity index (χ2v) is 10.1. The van der Waals surface area contributed by atoms with Gasteiger partial charge < -0.3 is 4.90 Å². The molecule has 1 amide bonds. The second-order valence-electron chi connectivity index (χ2n) is 10.1. The molecule has 0 bridgehead atoms. The molecule has 0 radical (unpaired) electrons. The Kier molecular flexibility index (Phi) is 6.86. The molecular formula is C27H35N3O. The van der Waals surface area contributed by atoms with Crippen molar-refractivity contribution in [2.75, 3.05) is 27.2 Å². The summed E-state index contributed by atoms with van der Waals surface area (Å²) >= 11 is 0. The number of carbonyl (C=O) groups excluding carboxylic acids is 1. The van der Waals surface area contributed by atoms with Crippen LogP contribution in [0.5, 0.6) is 0 Å². The molecule has 1 aliphatic rings. The molecule has 0 unspecified atom stereocenters. The van der Waals surface area contributed by atoms with Crippen LogP contribution in [0.25, 0.3) is 11.1 Å². The van der Waals surface area contributed by atoms with E-state index in [1.807, 2.05) is 24.3 Å². The average Bonchev–Trinajstić information content (AvgIpc) is 2.74. The lowest BCUT2D eigenvalue weighted by Gasteiger charge is -2.49. The molecule has 1 fully saturated rings. The third-order valence-electron chi connectivity index (χ3n) is 7.03. The van der Waals surface area contributed by atoms with E-state index in [-0.39, 0.29) is 16.7 Å². The molecule has 4 nitrogen and oxygen atoms in total. The average molecular weight is 418 g/mol. The number of hydrogen-bond donors (Lipinski definition) is 0. The zero-order valence-electron chi connectivity index (χ0n) is 19.6. The lowest BCUT2D eigenvalue weighted by atomic mass is 9.60. The smallest absolute Gasteiger partial charge is 0.253 e. The van der Waals surface area contributed by atoms with E-state index in [0.717, 1.165) is 43.6 Å². The molecule has 164 valence electrons. The van der Waals surface area contributed by atoms with Crippen LogP contribution in [0, 0.1) is 22.2 Å². The molecule has 31 heavy (non-hydrogen) atoms. The number of likely N-dealkylation sites (tertiary alicyclic amines) is 1. The Balaban J connectivity index is 1.65. The molecule has 0 N–H and O–H groups in total. The first-order valence-electron chi connectivity index (χ1n) is 11.2. The Labute approximate surface area is 187 Å². The Bertz CT molecular complexity index is 940. The number of piperidine rings is 1. The van der Waals surface area contributed by atoms with Crippen LogP contribution in [0.2, 0.25) is 0 Å². The summed E-state index contributed by atoms with van der Waals surface area (Å²) in [6, 6.07) is 18.9. The molecule has 0 aromatic heterocycles. The number of carbonyl (C=O) groups is 1. The lowest BCUT2D eigenvalue weighted by molar-refractivity contribution is 0.00711. The first-order chi connectivity index (χ1) is 14.6. The van der Waals surface area contributed by atoms with Gasteiger partial charge in [0, 0.05) is 32.6 Å². The molecule has 2 aromatic carbocycles. The minimum atomic E-state index is 0.0197. The summed E-state index contributed by atoms with van der Waals surface area (Å²) < 4.78 is 0. The van der Waals surface area contributed by atoms with Crippen molar-refractivity contribution in [2.45, 2.75) is 46.6 Å². The van der Waals surface area contributed by atoms with E-state index in [0.29, 0.717) is 12.0 Å². The zero-order chi connectivity index (χ0) is 22.6. The summed E-state index contributed by atoms with van der Waals surface area (Å²) in [7, 11) is 3.55. The van der Waals surface area contributed by atoms with Crippen molar-refractivity contribution in [2.24, 2.45) is 10.8 Å². The third-order valence-corrected chi connectivity index (χ3v) is 7.03. The summed E-state index contributed by atoms with van der Waals surface area (Å²) in [6.45, 7) is 9.84. The van der Waals surface area contributed by atoms with Crippen LogP contribution in [0.1, 0.15) is 56.0 Å². The molecule has 0 spiro atoms. The quantitative estimate of drug-likeness (QED) is 0.636. The zero-order valence-corrected chi connectivity index (χ0v) is 19.6. The number of rotatable bonds is 5. The predicted molar refractivity (Wildman–Crippen MR) is 127 cm³/mol. The minimum Gasteiger partial charge on any atom is -0.345 e. The molecule has 0 saturated carbocycles. The van der Waals surface area contributed by atoms with Crippen molar-refractivity contribution in [1.29, 1.82) is 5.26 Å². The SMILES string of the molecule is CN(C)C(=O)c1cccc(-c2ccc(CN3CCC(CC#N)(C(C)(C)C)CC3)cc2)c1. The van der Waals surface area contributed by atoms with Crippen LogP contribution in [-0.2, 0) is 6.54 Å². The normalized spacial score (nSPS) is 16.5. The summed E-state index contributed by atoms with van der Waals surface area (Å²) in [5, 5.41) is 9.36. The van der Waals surface area contributed by atoms with E-state index in [1.165, 1.54) is 5.56 Å². The van der Waals surface area contributed by atoms with Gasteiger partial charge in [0.05, 0.1) is 6.07 Å². The fourth-order valence-electron chi connectivity index (χ4n) is 4.63. The molecule has 1 aliphatic heterocycles. The monoisotopic (exact) mass is 417 g/mol. The fourth-order valence-corrected chi connectivity index (χ4v) is 4.63. The van der Waals surface area contributed by atoms with Crippen molar-refractivity contribution in [3.05, 3.63) is 59.7 Å². The van der Waals surface area contributed by atoms with E-state index < -0.39 is 0 Å². The van der Waals surface area contributed by atoms with Crippen LogP contribution < -0.4 is 0 Å². The predicted octanol–water partition coefficient (Wildman–Crippen LogP) is 5.60. The summed E-state index contributed by atoms with van der Waals surface area (Å²) in [6.07, 6.45) is 2.80. The van der Waals surface area contributed by atoms with Gasteiger partial charge in [0.2, 0.25) is 0 Å². The van der Waals surface area contributed by atoms with Crippen LogP contribution in [0.4, 0.5) is 0 Å². The van der Waals surface area contributed by atoms with Gasteiger partial charge in [-0.3, -0.25) is 9.69 Å². The van der Waals surface area contributed by atoms with Crippen molar-refractivity contribution in [3.8, 4) is 17.2 Å². The van der Waals surface area contributed by atoms with Crippen LogP contribution >= 0.6 is 0 Å². The van der Waals surface area contributed by atoms with Gasteiger partial charge >= 0.3 is 0 Å². The minimum absolute atomic E-state index is 0.0197. The Morgan fingerprint density at radius 3 is 2.26 bits per heavy atom. The van der Waals surface area contributed by atoms with Crippen LogP contribution in [-0.4, -0.2) is 42.9 Å². The summed E-state index contributed by atoms with van der Waals surface area (Å²) in [4.78, 5) is 16.4.